The molecular formula is C16H20N4O2. The monoisotopic (exact) mass is 300 g/mol. The Morgan fingerprint density at radius 1 is 1.32 bits per heavy atom. The summed E-state index contributed by atoms with van der Waals surface area (Å²) in [4.78, 5) is 16.7. The van der Waals surface area contributed by atoms with E-state index in [0.717, 1.165) is 44.2 Å². The van der Waals surface area contributed by atoms with Crippen molar-refractivity contribution in [1.82, 2.24) is 20.0 Å². The molecule has 1 saturated carbocycles. The first-order valence-corrected chi connectivity index (χ1v) is 7.89. The fraction of sp³-hybridized carbons (Fsp3) is 0.500. The van der Waals surface area contributed by atoms with Gasteiger partial charge in [-0.1, -0.05) is 0 Å². The number of rotatable bonds is 4. The van der Waals surface area contributed by atoms with E-state index >= 15 is 0 Å². The Kier molecular flexibility index (Phi) is 3.46. The van der Waals surface area contributed by atoms with E-state index in [1.54, 1.807) is 6.26 Å². The Morgan fingerprint density at radius 3 is 2.82 bits per heavy atom. The molecule has 1 aliphatic carbocycles. The van der Waals surface area contributed by atoms with Crippen LogP contribution in [0.3, 0.4) is 0 Å². The Balaban J connectivity index is 1.33. The second-order valence-electron chi connectivity index (χ2n) is 6.13. The van der Waals surface area contributed by atoms with Crippen molar-refractivity contribution in [2.45, 2.75) is 25.3 Å². The number of aromatic nitrogens is 2. The van der Waals surface area contributed by atoms with Crippen molar-refractivity contribution in [3.63, 3.8) is 0 Å². The highest BCUT2D eigenvalue weighted by atomic mass is 16.3. The highest BCUT2D eigenvalue weighted by molar-refractivity contribution is 5.92. The van der Waals surface area contributed by atoms with Crippen molar-refractivity contribution in [3.05, 3.63) is 41.6 Å². The lowest BCUT2D eigenvalue weighted by Crippen LogP contribution is -2.48. The number of carbonyl (C=O) groups is 1. The molecule has 4 rings (SSSR count). The zero-order chi connectivity index (χ0) is 14.9. The number of aromatic amines is 1. The number of H-pyrrole nitrogens is 1. The Morgan fingerprint density at radius 2 is 2.14 bits per heavy atom. The lowest BCUT2D eigenvalue weighted by molar-refractivity contribution is 0.0614. The van der Waals surface area contributed by atoms with Gasteiger partial charge in [-0.2, -0.15) is 5.10 Å². The van der Waals surface area contributed by atoms with E-state index in [0.29, 0.717) is 11.6 Å². The van der Waals surface area contributed by atoms with Gasteiger partial charge in [0.25, 0.3) is 5.91 Å². The minimum atomic E-state index is 0.0424. The molecule has 0 unspecified atom stereocenters. The number of amides is 1. The normalized spacial score (nSPS) is 19.5. The van der Waals surface area contributed by atoms with Crippen LogP contribution >= 0.6 is 0 Å². The van der Waals surface area contributed by atoms with Crippen molar-refractivity contribution in [2.75, 3.05) is 26.2 Å². The van der Waals surface area contributed by atoms with Crippen LogP contribution in [-0.4, -0.2) is 52.1 Å². The molecule has 2 aromatic heterocycles. The van der Waals surface area contributed by atoms with E-state index in [9.17, 15) is 4.79 Å². The van der Waals surface area contributed by atoms with E-state index in [1.807, 2.05) is 23.1 Å². The van der Waals surface area contributed by atoms with Gasteiger partial charge >= 0.3 is 0 Å². The first-order valence-electron chi connectivity index (χ1n) is 7.89. The topological polar surface area (TPSA) is 65.4 Å². The second kappa shape index (κ2) is 5.61. The Bertz CT molecular complexity index is 637. The van der Waals surface area contributed by atoms with Crippen LogP contribution in [-0.2, 0) is 6.54 Å². The largest absolute Gasteiger partial charge is 0.468 e. The van der Waals surface area contributed by atoms with Crippen molar-refractivity contribution in [3.8, 4) is 0 Å². The maximum atomic E-state index is 12.5. The van der Waals surface area contributed by atoms with Crippen LogP contribution in [0, 0.1) is 0 Å². The predicted octanol–water partition coefficient (Wildman–Crippen LogP) is 1.84. The van der Waals surface area contributed by atoms with Crippen molar-refractivity contribution in [1.29, 1.82) is 0 Å². The highest BCUT2D eigenvalue weighted by Crippen LogP contribution is 2.39. The predicted molar refractivity (Wildman–Crippen MR) is 80.5 cm³/mol. The van der Waals surface area contributed by atoms with Gasteiger partial charge in [0.15, 0.2) is 0 Å². The maximum absolute atomic E-state index is 12.5. The molecular weight excluding hydrogens is 280 g/mol. The lowest BCUT2D eigenvalue weighted by Gasteiger charge is -2.33. The SMILES string of the molecule is O=C(c1cc(C2CC2)[nH]n1)N1CCN(Cc2ccco2)CC1. The van der Waals surface area contributed by atoms with E-state index < -0.39 is 0 Å². The molecule has 0 radical (unpaired) electrons. The van der Waals surface area contributed by atoms with Gasteiger partial charge in [-0.15, -0.1) is 0 Å². The van der Waals surface area contributed by atoms with E-state index in [2.05, 4.69) is 15.1 Å². The summed E-state index contributed by atoms with van der Waals surface area (Å²) in [5.74, 6) is 1.61. The Labute approximate surface area is 129 Å². The van der Waals surface area contributed by atoms with Crippen LogP contribution < -0.4 is 0 Å². The number of nitrogens with one attached hydrogen (secondary N) is 1. The van der Waals surface area contributed by atoms with Gasteiger partial charge in [-0.25, -0.2) is 0 Å². The summed E-state index contributed by atoms with van der Waals surface area (Å²) in [6.07, 6.45) is 4.12. The van der Waals surface area contributed by atoms with Crippen LogP contribution in [0.5, 0.6) is 0 Å². The van der Waals surface area contributed by atoms with Gasteiger partial charge in [-0.05, 0) is 31.0 Å². The summed E-state index contributed by atoms with van der Waals surface area (Å²) < 4.78 is 5.37. The smallest absolute Gasteiger partial charge is 0.274 e. The molecule has 116 valence electrons. The molecule has 0 spiro atoms. The average molecular weight is 300 g/mol. The van der Waals surface area contributed by atoms with Crippen LogP contribution in [0.4, 0.5) is 0 Å². The average Bonchev–Trinajstić information content (AvgIpc) is 3.06. The number of nitrogens with zero attached hydrogens (tertiary/aromatic N) is 3. The molecule has 0 bridgehead atoms. The van der Waals surface area contributed by atoms with E-state index in [4.69, 9.17) is 4.42 Å². The summed E-state index contributed by atoms with van der Waals surface area (Å²) in [7, 11) is 0. The molecule has 0 aromatic carbocycles. The zero-order valence-corrected chi connectivity index (χ0v) is 12.5. The van der Waals surface area contributed by atoms with Crippen LogP contribution in [0.15, 0.2) is 28.9 Å². The number of carbonyl (C=O) groups excluding carboxylic acids is 1. The van der Waals surface area contributed by atoms with Crippen molar-refractivity contribution < 1.29 is 9.21 Å². The van der Waals surface area contributed by atoms with Crippen LogP contribution in [0.25, 0.3) is 0 Å². The third kappa shape index (κ3) is 2.78. The van der Waals surface area contributed by atoms with Gasteiger partial charge in [0.2, 0.25) is 0 Å². The van der Waals surface area contributed by atoms with Crippen LogP contribution in [0.1, 0.15) is 40.7 Å². The van der Waals surface area contributed by atoms with Gasteiger partial charge in [-0.3, -0.25) is 14.8 Å². The number of hydrogen-bond donors (Lipinski definition) is 1. The fourth-order valence-corrected chi connectivity index (χ4v) is 2.94. The highest BCUT2D eigenvalue weighted by Gasteiger charge is 2.28. The molecule has 1 aliphatic heterocycles. The van der Waals surface area contributed by atoms with Gasteiger partial charge in [0, 0.05) is 37.8 Å². The van der Waals surface area contributed by atoms with Crippen molar-refractivity contribution in [2.24, 2.45) is 0 Å². The molecule has 2 aliphatic rings. The summed E-state index contributed by atoms with van der Waals surface area (Å²) in [6, 6.07) is 5.82. The summed E-state index contributed by atoms with van der Waals surface area (Å²) in [6.45, 7) is 4.03. The zero-order valence-electron chi connectivity index (χ0n) is 12.5. The third-order valence-electron chi connectivity index (χ3n) is 4.45. The molecule has 1 amide bonds. The summed E-state index contributed by atoms with van der Waals surface area (Å²) >= 11 is 0. The standard InChI is InChI=1S/C16H20N4O2/c21-16(15-10-14(17-18-15)12-3-4-12)20-7-5-19(6-8-20)11-13-2-1-9-22-13/h1-2,9-10,12H,3-8,11H2,(H,17,18). The fourth-order valence-electron chi connectivity index (χ4n) is 2.94. The third-order valence-corrected chi connectivity index (χ3v) is 4.45. The van der Waals surface area contributed by atoms with E-state index in [-0.39, 0.29) is 5.91 Å². The molecule has 2 fully saturated rings. The van der Waals surface area contributed by atoms with Crippen molar-refractivity contribution >= 4 is 5.91 Å². The Hall–Kier alpha value is -2.08. The molecule has 1 saturated heterocycles. The molecule has 2 aromatic rings. The summed E-state index contributed by atoms with van der Waals surface area (Å²) in [5.41, 5.74) is 1.67. The molecule has 1 N–H and O–H groups in total. The molecule has 22 heavy (non-hydrogen) atoms. The van der Waals surface area contributed by atoms with Gasteiger partial charge in [0.05, 0.1) is 12.8 Å². The second-order valence-corrected chi connectivity index (χ2v) is 6.13. The maximum Gasteiger partial charge on any atom is 0.274 e. The van der Waals surface area contributed by atoms with Crippen LogP contribution in [0.2, 0.25) is 0 Å². The number of hydrogen-bond acceptors (Lipinski definition) is 4. The minimum Gasteiger partial charge on any atom is -0.468 e. The first-order chi connectivity index (χ1) is 10.8. The number of furan rings is 1. The molecule has 3 heterocycles. The number of piperazine rings is 1. The van der Waals surface area contributed by atoms with Gasteiger partial charge in [0.1, 0.15) is 11.5 Å². The lowest BCUT2D eigenvalue weighted by atomic mass is 10.2. The van der Waals surface area contributed by atoms with E-state index in [1.165, 1.54) is 12.8 Å². The molecule has 6 nitrogen and oxygen atoms in total. The minimum absolute atomic E-state index is 0.0424. The quantitative estimate of drug-likeness (QED) is 0.935. The molecule has 0 atom stereocenters. The molecule has 6 heteroatoms. The summed E-state index contributed by atoms with van der Waals surface area (Å²) in [5, 5.41) is 7.19. The van der Waals surface area contributed by atoms with Gasteiger partial charge < -0.3 is 9.32 Å². The first kappa shape index (κ1) is 13.6.